The lowest BCUT2D eigenvalue weighted by atomic mass is 10.3. The van der Waals surface area contributed by atoms with Crippen LogP contribution in [0.4, 0.5) is 4.79 Å². The summed E-state index contributed by atoms with van der Waals surface area (Å²) >= 11 is 9.97. The molecule has 3 nitrogen and oxygen atoms in total. The Morgan fingerprint density at radius 3 is 2.05 bits per heavy atom. The van der Waals surface area contributed by atoms with Gasteiger partial charge in [-0.2, -0.15) is 0 Å². The molecule has 2 rings (SSSR count). The molecule has 0 unspecified atom stereocenters. The van der Waals surface area contributed by atoms with E-state index in [2.05, 4.69) is 47.8 Å². The smallest absolute Gasteiger partial charge is 0.395 e. The molecule has 0 aromatic heterocycles. The number of rotatable bonds is 2. The first kappa shape index (κ1) is 14.6. The van der Waals surface area contributed by atoms with Gasteiger partial charge in [0.25, 0.3) is 0 Å². The summed E-state index contributed by atoms with van der Waals surface area (Å²) in [6.45, 7) is 0. The standard InChI is InChI=1S/C13H7Br3O3/c14-8-6-10(15)12(11(16)7-8)19-13(17)18-9-4-2-1-3-5-9/h1-7H. The van der Waals surface area contributed by atoms with Gasteiger partial charge in [-0.15, -0.1) is 0 Å². The summed E-state index contributed by atoms with van der Waals surface area (Å²) in [4.78, 5) is 11.7. The molecule has 0 bridgehead atoms. The Hall–Kier alpha value is -0.850. The van der Waals surface area contributed by atoms with Gasteiger partial charge in [-0.05, 0) is 56.1 Å². The number of carbonyl (C=O) groups is 1. The molecule has 19 heavy (non-hydrogen) atoms. The summed E-state index contributed by atoms with van der Waals surface area (Å²) in [5.41, 5.74) is 0. The second-order valence-electron chi connectivity index (χ2n) is 3.47. The van der Waals surface area contributed by atoms with E-state index in [-0.39, 0.29) is 0 Å². The average Bonchev–Trinajstić information content (AvgIpc) is 2.35. The molecular weight excluding hydrogens is 444 g/mol. The fourth-order valence-electron chi connectivity index (χ4n) is 1.32. The van der Waals surface area contributed by atoms with Crippen molar-refractivity contribution in [2.24, 2.45) is 0 Å². The van der Waals surface area contributed by atoms with E-state index < -0.39 is 6.16 Å². The second kappa shape index (κ2) is 6.54. The van der Waals surface area contributed by atoms with Gasteiger partial charge in [-0.25, -0.2) is 4.79 Å². The molecule has 0 fully saturated rings. The number of hydrogen-bond acceptors (Lipinski definition) is 3. The Kier molecular flexibility index (Phi) is 5.01. The van der Waals surface area contributed by atoms with Crippen LogP contribution in [0.3, 0.4) is 0 Å². The molecule has 2 aromatic rings. The van der Waals surface area contributed by atoms with Crippen LogP contribution in [0.15, 0.2) is 55.9 Å². The third-order valence-electron chi connectivity index (χ3n) is 2.09. The highest BCUT2D eigenvalue weighted by molar-refractivity contribution is 9.11. The van der Waals surface area contributed by atoms with Crippen LogP contribution in [-0.4, -0.2) is 6.16 Å². The zero-order valence-electron chi connectivity index (χ0n) is 9.40. The minimum Gasteiger partial charge on any atom is -0.395 e. The van der Waals surface area contributed by atoms with Gasteiger partial charge in [0.05, 0.1) is 8.95 Å². The van der Waals surface area contributed by atoms with Crippen molar-refractivity contribution >= 4 is 53.9 Å². The zero-order chi connectivity index (χ0) is 13.8. The summed E-state index contributed by atoms with van der Waals surface area (Å²) in [5.74, 6) is 0.793. The highest BCUT2D eigenvalue weighted by atomic mass is 79.9. The van der Waals surface area contributed by atoms with Crippen molar-refractivity contribution in [2.75, 3.05) is 0 Å². The summed E-state index contributed by atoms with van der Waals surface area (Å²) in [6, 6.07) is 12.3. The molecular formula is C13H7Br3O3. The average molecular weight is 451 g/mol. The molecule has 0 heterocycles. The van der Waals surface area contributed by atoms with Crippen LogP contribution in [0.1, 0.15) is 0 Å². The van der Waals surface area contributed by atoms with Crippen molar-refractivity contribution in [3.63, 3.8) is 0 Å². The van der Waals surface area contributed by atoms with Gasteiger partial charge in [0.1, 0.15) is 5.75 Å². The van der Waals surface area contributed by atoms with E-state index in [0.29, 0.717) is 20.4 Å². The molecule has 98 valence electrons. The fraction of sp³-hybridized carbons (Fsp3) is 0. The van der Waals surface area contributed by atoms with Crippen LogP contribution in [0.2, 0.25) is 0 Å². The number of benzene rings is 2. The van der Waals surface area contributed by atoms with Crippen LogP contribution in [0, 0.1) is 0 Å². The Morgan fingerprint density at radius 1 is 0.895 bits per heavy atom. The van der Waals surface area contributed by atoms with Gasteiger partial charge in [0, 0.05) is 4.47 Å². The second-order valence-corrected chi connectivity index (χ2v) is 6.09. The first-order chi connectivity index (χ1) is 9.06. The lowest BCUT2D eigenvalue weighted by Crippen LogP contribution is -2.14. The van der Waals surface area contributed by atoms with E-state index in [0.717, 1.165) is 4.47 Å². The molecule has 0 saturated carbocycles. The van der Waals surface area contributed by atoms with Crippen molar-refractivity contribution < 1.29 is 14.3 Å². The monoisotopic (exact) mass is 448 g/mol. The molecule has 0 amide bonds. The largest absolute Gasteiger partial charge is 0.519 e. The molecule has 0 atom stereocenters. The van der Waals surface area contributed by atoms with Crippen molar-refractivity contribution in [3.8, 4) is 11.5 Å². The van der Waals surface area contributed by atoms with E-state index in [1.807, 2.05) is 6.07 Å². The summed E-state index contributed by atoms with van der Waals surface area (Å²) in [6.07, 6.45) is -0.796. The maximum atomic E-state index is 11.7. The molecule has 0 N–H and O–H groups in total. The zero-order valence-corrected chi connectivity index (χ0v) is 14.2. The Morgan fingerprint density at radius 2 is 1.47 bits per heavy atom. The van der Waals surface area contributed by atoms with Gasteiger partial charge in [-0.3, -0.25) is 0 Å². The minimum atomic E-state index is -0.796. The first-order valence-electron chi connectivity index (χ1n) is 5.15. The summed E-state index contributed by atoms with van der Waals surface area (Å²) in [7, 11) is 0. The van der Waals surface area contributed by atoms with Crippen LogP contribution in [0.5, 0.6) is 11.5 Å². The van der Waals surface area contributed by atoms with Crippen LogP contribution in [0.25, 0.3) is 0 Å². The van der Waals surface area contributed by atoms with E-state index in [4.69, 9.17) is 9.47 Å². The van der Waals surface area contributed by atoms with Gasteiger partial charge < -0.3 is 9.47 Å². The van der Waals surface area contributed by atoms with Crippen molar-refractivity contribution in [3.05, 3.63) is 55.9 Å². The maximum absolute atomic E-state index is 11.7. The molecule has 0 aliphatic heterocycles. The molecule has 6 heteroatoms. The summed E-state index contributed by atoms with van der Waals surface area (Å²) < 4.78 is 12.3. The van der Waals surface area contributed by atoms with E-state index >= 15 is 0 Å². The quantitative estimate of drug-likeness (QED) is 0.444. The van der Waals surface area contributed by atoms with E-state index in [9.17, 15) is 4.79 Å². The number of para-hydroxylation sites is 1. The Balaban J connectivity index is 2.12. The molecule has 0 spiro atoms. The van der Waals surface area contributed by atoms with Crippen LogP contribution >= 0.6 is 47.8 Å². The predicted molar refractivity (Wildman–Crippen MR) is 82.6 cm³/mol. The van der Waals surface area contributed by atoms with Crippen molar-refractivity contribution in [1.82, 2.24) is 0 Å². The molecule has 0 aliphatic rings. The lowest BCUT2D eigenvalue weighted by molar-refractivity contribution is 0.151. The predicted octanol–water partition coefficient (Wildman–Crippen LogP) is 5.55. The van der Waals surface area contributed by atoms with Crippen molar-refractivity contribution in [1.29, 1.82) is 0 Å². The SMILES string of the molecule is O=C(Oc1ccccc1)Oc1c(Br)cc(Br)cc1Br. The minimum absolute atomic E-state index is 0.365. The summed E-state index contributed by atoms with van der Waals surface area (Å²) in [5, 5.41) is 0. The van der Waals surface area contributed by atoms with Crippen molar-refractivity contribution in [2.45, 2.75) is 0 Å². The number of ether oxygens (including phenoxy) is 2. The third kappa shape index (κ3) is 4.06. The highest BCUT2D eigenvalue weighted by Gasteiger charge is 2.14. The number of halogens is 3. The molecule has 0 radical (unpaired) electrons. The lowest BCUT2D eigenvalue weighted by Gasteiger charge is -2.09. The first-order valence-corrected chi connectivity index (χ1v) is 7.53. The Bertz CT molecular complexity index is 576. The van der Waals surface area contributed by atoms with Gasteiger partial charge in [0.2, 0.25) is 0 Å². The van der Waals surface area contributed by atoms with Gasteiger partial charge in [-0.1, -0.05) is 34.1 Å². The maximum Gasteiger partial charge on any atom is 0.519 e. The molecule has 2 aromatic carbocycles. The fourth-order valence-corrected chi connectivity index (χ4v) is 3.74. The molecule has 0 saturated heterocycles. The topological polar surface area (TPSA) is 35.5 Å². The van der Waals surface area contributed by atoms with Crippen LogP contribution < -0.4 is 9.47 Å². The highest BCUT2D eigenvalue weighted by Crippen LogP contribution is 2.36. The van der Waals surface area contributed by atoms with E-state index in [1.54, 1.807) is 36.4 Å². The van der Waals surface area contributed by atoms with Crippen LogP contribution in [-0.2, 0) is 0 Å². The van der Waals surface area contributed by atoms with Gasteiger partial charge >= 0.3 is 6.16 Å². The third-order valence-corrected chi connectivity index (χ3v) is 3.73. The number of hydrogen-bond donors (Lipinski definition) is 0. The van der Waals surface area contributed by atoms with Gasteiger partial charge in [0.15, 0.2) is 5.75 Å². The van der Waals surface area contributed by atoms with E-state index in [1.165, 1.54) is 0 Å². The molecule has 0 aliphatic carbocycles. The number of carbonyl (C=O) groups excluding carboxylic acids is 1. The Labute approximate surface area is 135 Å². The normalized spacial score (nSPS) is 10.1.